The SMILES string of the molecule is COc1cccc([C@@H]2/C(=C(\O)c3ccc4c(c3)OCCO4)C(=O)C(=O)N2Cc2ccccc2)c1. The highest BCUT2D eigenvalue weighted by Gasteiger charge is 2.46. The third kappa shape index (κ3) is 3.85. The minimum Gasteiger partial charge on any atom is -0.507 e. The van der Waals surface area contributed by atoms with E-state index >= 15 is 0 Å². The molecular formula is C27H23NO6. The number of likely N-dealkylation sites (tertiary alicyclic amines) is 1. The molecule has 0 spiro atoms. The van der Waals surface area contributed by atoms with Gasteiger partial charge in [0.2, 0.25) is 0 Å². The molecular weight excluding hydrogens is 434 g/mol. The summed E-state index contributed by atoms with van der Waals surface area (Å²) in [5.74, 6) is -0.0452. The maximum atomic E-state index is 13.3. The number of carbonyl (C=O) groups excluding carboxylic acids is 2. The summed E-state index contributed by atoms with van der Waals surface area (Å²) < 4.78 is 16.6. The normalized spacial score (nSPS) is 18.7. The van der Waals surface area contributed by atoms with Gasteiger partial charge < -0.3 is 24.2 Å². The van der Waals surface area contributed by atoms with Crippen molar-refractivity contribution in [1.29, 1.82) is 0 Å². The highest BCUT2D eigenvalue weighted by molar-refractivity contribution is 6.46. The number of rotatable bonds is 5. The van der Waals surface area contributed by atoms with E-state index in [9.17, 15) is 14.7 Å². The molecule has 1 fully saturated rings. The Balaban J connectivity index is 1.64. The number of ether oxygens (including phenoxy) is 3. The Labute approximate surface area is 196 Å². The van der Waals surface area contributed by atoms with Crippen molar-refractivity contribution in [3.63, 3.8) is 0 Å². The molecule has 1 N–H and O–H groups in total. The fraction of sp³-hybridized carbons (Fsp3) is 0.185. The molecule has 2 aliphatic rings. The van der Waals surface area contributed by atoms with Crippen molar-refractivity contribution in [1.82, 2.24) is 4.90 Å². The second-order valence-corrected chi connectivity index (χ2v) is 8.05. The summed E-state index contributed by atoms with van der Waals surface area (Å²) in [6.45, 7) is 1.05. The second kappa shape index (κ2) is 8.94. The van der Waals surface area contributed by atoms with Crippen LogP contribution in [0.5, 0.6) is 17.2 Å². The monoisotopic (exact) mass is 457 g/mol. The molecule has 1 saturated heterocycles. The molecule has 172 valence electrons. The number of hydrogen-bond acceptors (Lipinski definition) is 6. The van der Waals surface area contributed by atoms with Gasteiger partial charge in [-0.2, -0.15) is 0 Å². The van der Waals surface area contributed by atoms with Gasteiger partial charge in [0.1, 0.15) is 24.7 Å². The van der Waals surface area contributed by atoms with Crippen molar-refractivity contribution in [2.24, 2.45) is 0 Å². The third-order valence-electron chi connectivity index (χ3n) is 5.96. The number of carbonyl (C=O) groups is 2. The average Bonchev–Trinajstić information content (AvgIpc) is 3.13. The van der Waals surface area contributed by atoms with Gasteiger partial charge in [-0.25, -0.2) is 0 Å². The Kier molecular flexibility index (Phi) is 5.67. The summed E-state index contributed by atoms with van der Waals surface area (Å²) in [5.41, 5.74) is 1.92. The highest BCUT2D eigenvalue weighted by Crippen LogP contribution is 2.42. The largest absolute Gasteiger partial charge is 0.507 e. The fourth-order valence-corrected chi connectivity index (χ4v) is 4.33. The molecule has 34 heavy (non-hydrogen) atoms. The van der Waals surface area contributed by atoms with E-state index in [1.54, 1.807) is 43.5 Å². The zero-order valence-corrected chi connectivity index (χ0v) is 18.6. The van der Waals surface area contributed by atoms with Gasteiger partial charge in [0.05, 0.1) is 18.7 Å². The lowest BCUT2D eigenvalue weighted by molar-refractivity contribution is -0.140. The number of methoxy groups -OCH3 is 1. The van der Waals surface area contributed by atoms with Crippen LogP contribution in [0.25, 0.3) is 5.76 Å². The lowest BCUT2D eigenvalue weighted by Crippen LogP contribution is -2.29. The molecule has 7 nitrogen and oxygen atoms in total. The van der Waals surface area contributed by atoms with Gasteiger partial charge in [-0.15, -0.1) is 0 Å². The van der Waals surface area contributed by atoms with Crippen LogP contribution in [0.2, 0.25) is 0 Å². The lowest BCUT2D eigenvalue weighted by atomic mass is 9.95. The number of aliphatic hydroxyl groups is 1. The van der Waals surface area contributed by atoms with E-state index in [0.717, 1.165) is 5.56 Å². The summed E-state index contributed by atoms with van der Waals surface area (Å²) >= 11 is 0. The Hall–Kier alpha value is -4.26. The van der Waals surface area contributed by atoms with E-state index in [4.69, 9.17) is 14.2 Å². The van der Waals surface area contributed by atoms with Crippen molar-refractivity contribution in [2.75, 3.05) is 20.3 Å². The molecule has 3 aromatic rings. The predicted molar refractivity (Wildman–Crippen MR) is 125 cm³/mol. The molecule has 0 aromatic heterocycles. The van der Waals surface area contributed by atoms with Crippen LogP contribution in [0, 0.1) is 0 Å². The van der Waals surface area contributed by atoms with Crippen molar-refractivity contribution in [2.45, 2.75) is 12.6 Å². The maximum Gasteiger partial charge on any atom is 0.295 e. The van der Waals surface area contributed by atoms with Gasteiger partial charge in [-0.1, -0.05) is 42.5 Å². The summed E-state index contributed by atoms with van der Waals surface area (Å²) in [7, 11) is 1.55. The number of hydrogen-bond donors (Lipinski definition) is 1. The van der Waals surface area contributed by atoms with Crippen molar-refractivity contribution < 1.29 is 28.9 Å². The second-order valence-electron chi connectivity index (χ2n) is 8.05. The first-order valence-electron chi connectivity index (χ1n) is 10.9. The molecule has 5 rings (SSSR count). The van der Waals surface area contributed by atoms with E-state index in [1.807, 2.05) is 36.4 Å². The first kappa shape index (κ1) is 21.6. The lowest BCUT2D eigenvalue weighted by Gasteiger charge is -2.26. The van der Waals surface area contributed by atoms with Gasteiger partial charge >= 0.3 is 0 Å². The van der Waals surface area contributed by atoms with Crippen LogP contribution in [0.3, 0.4) is 0 Å². The predicted octanol–water partition coefficient (Wildman–Crippen LogP) is 4.09. The summed E-state index contributed by atoms with van der Waals surface area (Å²) in [5, 5.41) is 11.3. The Morgan fingerprint density at radius 2 is 1.74 bits per heavy atom. The molecule has 1 atom stereocenters. The molecule has 0 unspecified atom stereocenters. The highest BCUT2D eigenvalue weighted by atomic mass is 16.6. The van der Waals surface area contributed by atoms with E-state index in [0.29, 0.717) is 41.6 Å². The van der Waals surface area contributed by atoms with Crippen LogP contribution in [-0.4, -0.2) is 42.0 Å². The number of nitrogens with zero attached hydrogens (tertiary/aromatic N) is 1. The fourth-order valence-electron chi connectivity index (χ4n) is 4.33. The van der Waals surface area contributed by atoms with E-state index < -0.39 is 17.7 Å². The Morgan fingerprint density at radius 1 is 0.971 bits per heavy atom. The first-order valence-corrected chi connectivity index (χ1v) is 10.9. The van der Waals surface area contributed by atoms with Crippen LogP contribution in [-0.2, 0) is 16.1 Å². The van der Waals surface area contributed by atoms with Crippen LogP contribution < -0.4 is 14.2 Å². The number of ketones is 1. The van der Waals surface area contributed by atoms with E-state index in [-0.39, 0.29) is 17.9 Å². The van der Waals surface area contributed by atoms with Crippen LogP contribution >= 0.6 is 0 Å². The molecule has 0 bridgehead atoms. The smallest absolute Gasteiger partial charge is 0.295 e. The number of benzene rings is 3. The molecule has 3 aromatic carbocycles. The van der Waals surface area contributed by atoms with Crippen LogP contribution in [0.15, 0.2) is 78.4 Å². The maximum absolute atomic E-state index is 13.3. The Bertz CT molecular complexity index is 1280. The molecule has 2 aliphatic heterocycles. The average molecular weight is 457 g/mol. The number of aliphatic hydroxyl groups excluding tert-OH is 1. The van der Waals surface area contributed by atoms with Gasteiger partial charge in [-0.3, -0.25) is 9.59 Å². The minimum absolute atomic E-state index is 0.0193. The van der Waals surface area contributed by atoms with Gasteiger partial charge in [0, 0.05) is 12.1 Å². The quantitative estimate of drug-likeness (QED) is 0.353. The van der Waals surface area contributed by atoms with Crippen molar-refractivity contribution >= 4 is 17.4 Å². The topological polar surface area (TPSA) is 85.3 Å². The van der Waals surface area contributed by atoms with Gasteiger partial charge in [0.15, 0.2) is 11.5 Å². The molecule has 0 radical (unpaired) electrons. The van der Waals surface area contributed by atoms with Crippen LogP contribution in [0.4, 0.5) is 0 Å². The zero-order chi connectivity index (χ0) is 23.7. The number of Topliss-reactive ketones (excluding diaryl/α,β-unsaturated/α-hetero) is 1. The zero-order valence-electron chi connectivity index (χ0n) is 18.6. The molecule has 1 amide bonds. The third-order valence-corrected chi connectivity index (χ3v) is 5.96. The molecule has 0 aliphatic carbocycles. The van der Waals surface area contributed by atoms with Gasteiger partial charge in [-0.05, 0) is 41.5 Å². The van der Waals surface area contributed by atoms with E-state index in [2.05, 4.69) is 0 Å². The van der Waals surface area contributed by atoms with Gasteiger partial charge in [0.25, 0.3) is 11.7 Å². The Morgan fingerprint density at radius 3 is 2.50 bits per heavy atom. The van der Waals surface area contributed by atoms with Crippen LogP contribution in [0.1, 0.15) is 22.7 Å². The summed E-state index contributed by atoms with van der Waals surface area (Å²) in [6, 6.07) is 20.8. The standard InChI is InChI=1S/C27H23NO6/c1-32-20-9-5-8-18(14-20)24-23(25(29)19-10-11-21-22(15-19)34-13-12-33-21)26(30)27(31)28(24)16-17-6-3-2-4-7-17/h2-11,14-15,24,29H,12-13,16H2,1H3/b25-23+/t24-/m1/s1. The van der Waals surface area contributed by atoms with Crippen molar-refractivity contribution in [3.05, 3.63) is 95.1 Å². The van der Waals surface area contributed by atoms with Crippen molar-refractivity contribution in [3.8, 4) is 17.2 Å². The summed E-state index contributed by atoms with van der Waals surface area (Å²) in [4.78, 5) is 27.9. The number of amides is 1. The minimum atomic E-state index is -0.788. The summed E-state index contributed by atoms with van der Waals surface area (Å²) in [6.07, 6.45) is 0. The molecule has 0 saturated carbocycles. The first-order chi connectivity index (χ1) is 16.6. The van der Waals surface area contributed by atoms with E-state index in [1.165, 1.54) is 4.90 Å². The molecule has 2 heterocycles. The number of fused-ring (bicyclic) bond motifs is 1. The molecule has 7 heteroatoms.